The minimum absolute atomic E-state index is 0.131. The molecule has 0 N–H and O–H groups in total. The van der Waals surface area contributed by atoms with Gasteiger partial charge >= 0.3 is 0 Å². The fourth-order valence-electron chi connectivity index (χ4n) is 1.38. The molecule has 2 rings (SSSR count). The van der Waals surface area contributed by atoms with Crippen molar-refractivity contribution in [3.63, 3.8) is 0 Å². The predicted molar refractivity (Wildman–Crippen MR) is 67.0 cm³/mol. The lowest BCUT2D eigenvalue weighted by atomic mass is 10.1. The normalized spacial score (nSPS) is 19.1. The van der Waals surface area contributed by atoms with Gasteiger partial charge in [-0.05, 0) is 24.7 Å². The summed E-state index contributed by atoms with van der Waals surface area (Å²) in [5.74, 6) is 4.87. The maximum Gasteiger partial charge on any atom is 0.0890 e. The van der Waals surface area contributed by atoms with Gasteiger partial charge in [-0.1, -0.05) is 33.4 Å². The van der Waals surface area contributed by atoms with Crippen LogP contribution in [0, 0.1) is 0 Å². The highest BCUT2D eigenvalue weighted by atomic mass is 31.1. The molecule has 1 aliphatic rings. The number of fused-ring (bicyclic) bond motifs is 1. The second kappa shape index (κ2) is 4.24. The molecule has 0 radical (unpaired) electrons. The van der Waals surface area contributed by atoms with Crippen LogP contribution in [0.5, 0.6) is 0 Å². The van der Waals surface area contributed by atoms with Crippen molar-refractivity contribution >= 4 is 20.1 Å². The van der Waals surface area contributed by atoms with Crippen molar-refractivity contribution in [1.82, 2.24) is 9.97 Å². The van der Waals surface area contributed by atoms with Crippen LogP contribution in [-0.4, -0.2) is 16.6 Å². The minimum atomic E-state index is -0.131. The van der Waals surface area contributed by atoms with Crippen molar-refractivity contribution in [2.24, 2.45) is 0 Å². The van der Waals surface area contributed by atoms with Crippen LogP contribution in [0.15, 0.2) is 17.8 Å². The Hall–Kier alpha value is -1.01. The van der Waals surface area contributed by atoms with Crippen molar-refractivity contribution in [3.05, 3.63) is 34.9 Å². The van der Waals surface area contributed by atoms with E-state index in [-0.39, 0.29) is 7.92 Å². The molecule has 78 valence electrons. The first-order chi connectivity index (χ1) is 7.16. The Balaban J connectivity index is 2.46. The van der Waals surface area contributed by atoms with Crippen LogP contribution >= 0.6 is 7.92 Å². The summed E-state index contributed by atoms with van der Waals surface area (Å²) in [6.45, 7) is 6.50. The first kappa shape index (κ1) is 10.5. The van der Waals surface area contributed by atoms with Gasteiger partial charge in [-0.25, -0.2) is 4.98 Å². The lowest BCUT2D eigenvalue weighted by molar-refractivity contribution is 0.808. The first-order valence-electron chi connectivity index (χ1n) is 5.12. The van der Waals surface area contributed by atoms with Crippen LogP contribution in [0.3, 0.4) is 0 Å². The van der Waals surface area contributed by atoms with Crippen LogP contribution in [0.4, 0.5) is 0 Å². The zero-order chi connectivity index (χ0) is 10.8. The number of rotatable bonds is 1. The summed E-state index contributed by atoms with van der Waals surface area (Å²) in [5, 5.41) is 0. The van der Waals surface area contributed by atoms with E-state index in [9.17, 15) is 0 Å². The van der Waals surface area contributed by atoms with Crippen molar-refractivity contribution in [3.8, 4) is 0 Å². The minimum Gasteiger partial charge on any atom is -0.253 e. The second-order valence-corrected chi connectivity index (χ2v) is 5.94. The molecule has 0 aromatic carbocycles. The Morgan fingerprint density at radius 2 is 1.80 bits per heavy atom. The Labute approximate surface area is 91.9 Å². The molecule has 1 aromatic heterocycles. The molecule has 0 aliphatic carbocycles. The largest absolute Gasteiger partial charge is 0.253 e. The third-order valence-electron chi connectivity index (χ3n) is 2.37. The van der Waals surface area contributed by atoms with E-state index in [0.29, 0.717) is 5.92 Å². The molecule has 1 unspecified atom stereocenters. The highest BCUT2D eigenvalue weighted by molar-refractivity contribution is 7.63. The molecule has 0 spiro atoms. The van der Waals surface area contributed by atoms with E-state index in [1.807, 2.05) is 6.20 Å². The summed E-state index contributed by atoms with van der Waals surface area (Å²) in [5.41, 5.74) is 3.06. The number of aromatic nitrogens is 2. The van der Waals surface area contributed by atoms with Crippen molar-refractivity contribution in [2.45, 2.75) is 19.8 Å². The third-order valence-corrected chi connectivity index (χ3v) is 3.61. The molecule has 2 nitrogen and oxygen atoms in total. The predicted octanol–water partition coefficient (Wildman–Crippen LogP) is 3.67. The third kappa shape index (κ3) is 2.32. The van der Waals surface area contributed by atoms with Gasteiger partial charge in [0, 0.05) is 6.20 Å². The molecule has 0 bridgehead atoms. The summed E-state index contributed by atoms with van der Waals surface area (Å²) in [6.07, 6.45) is 6.06. The van der Waals surface area contributed by atoms with Crippen LogP contribution in [-0.2, 0) is 0 Å². The smallest absolute Gasteiger partial charge is 0.0890 e. The molecule has 0 saturated heterocycles. The summed E-state index contributed by atoms with van der Waals surface area (Å²) >= 11 is 0. The lowest BCUT2D eigenvalue weighted by Crippen LogP contribution is -1.99. The maximum atomic E-state index is 4.62. The van der Waals surface area contributed by atoms with E-state index in [2.05, 4.69) is 54.3 Å². The Kier molecular flexibility index (Phi) is 2.97. The first-order valence-corrected chi connectivity index (χ1v) is 7.05. The van der Waals surface area contributed by atoms with Gasteiger partial charge in [0.1, 0.15) is 0 Å². The van der Waals surface area contributed by atoms with E-state index in [1.165, 1.54) is 0 Å². The highest BCUT2D eigenvalue weighted by Crippen LogP contribution is 2.37. The standard InChI is InChI=1S/C12H15N2P/c1-9(2)12-8-13-10-4-6-15(3)7-5-11(10)14-12/h4-9H,1-3H3. The van der Waals surface area contributed by atoms with Crippen LogP contribution < -0.4 is 0 Å². The van der Waals surface area contributed by atoms with E-state index < -0.39 is 0 Å². The van der Waals surface area contributed by atoms with Gasteiger partial charge in [-0.2, -0.15) is 0 Å². The highest BCUT2D eigenvalue weighted by Gasteiger charge is 2.08. The van der Waals surface area contributed by atoms with E-state index in [4.69, 9.17) is 0 Å². The zero-order valence-corrected chi connectivity index (χ0v) is 10.2. The fraction of sp³-hybridized carbons (Fsp3) is 0.333. The van der Waals surface area contributed by atoms with Gasteiger partial charge in [0.25, 0.3) is 0 Å². The molecule has 3 heteroatoms. The summed E-state index contributed by atoms with van der Waals surface area (Å²) in [7, 11) is -0.131. The quantitative estimate of drug-likeness (QED) is 0.672. The fourth-order valence-corrected chi connectivity index (χ4v) is 2.23. The van der Waals surface area contributed by atoms with Crippen molar-refractivity contribution in [2.75, 3.05) is 6.66 Å². The van der Waals surface area contributed by atoms with Gasteiger partial charge < -0.3 is 0 Å². The summed E-state index contributed by atoms with van der Waals surface area (Å²) < 4.78 is 0. The summed E-state index contributed by atoms with van der Waals surface area (Å²) in [6, 6.07) is 0. The van der Waals surface area contributed by atoms with E-state index in [1.54, 1.807) is 0 Å². The molecule has 0 saturated carbocycles. The van der Waals surface area contributed by atoms with Gasteiger partial charge in [0.15, 0.2) is 0 Å². The molecule has 1 aromatic rings. The molecule has 0 fully saturated rings. The lowest BCUT2D eigenvalue weighted by Gasteiger charge is -2.06. The Morgan fingerprint density at radius 3 is 2.47 bits per heavy atom. The molecular weight excluding hydrogens is 203 g/mol. The van der Waals surface area contributed by atoms with Crippen LogP contribution in [0.1, 0.15) is 36.8 Å². The molecule has 1 atom stereocenters. The molecule has 0 amide bonds. The van der Waals surface area contributed by atoms with Crippen molar-refractivity contribution < 1.29 is 0 Å². The molecule has 2 heterocycles. The van der Waals surface area contributed by atoms with Gasteiger partial charge in [0.05, 0.1) is 17.1 Å². The average Bonchev–Trinajstić information content (AvgIpc) is 2.40. The maximum absolute atomic E-state index is 4.62. The SMILES string of the molecule is CC(C)c1cnc2c(n1)C=CP(C)C=C2. The monoisotopic (exact) mass is 218 g/mol. The van der Waals surface area contributed by atoms with Gasteiger partial charge in [-0.15, -0.1) is 0 Å². The second-order valence-electron chi connectivity index (χ2n) is 4.02. The molecule has 15 heavy (non-hydrogen) atoms. The Morgan fingerprint density at radius 1 is 1.13 bits per heavy atom. The van der Waals surface area contributed by atoms with Crippen LogP contribution in [0.2, 0.25) is 0 Å². The van der Waals surface area contributed by atoms with Gasteiger partial charge in [0.2, 0.25) is 0 Å². The Bertz CT molecular complexity index is 422. The van der Waals surface area contributed by atoms with Crippen LogP contribution in [0.25, 0.3) is 12.2 Å². The summed E-state index contributed by atoms with van der Waals surface area (Å²) in [4.78, 5) is 9.06. The van der Waals surface area contributed by atoms with E-state index >= 15 is 0 Å². The number of hydrogen-bond donors (Lipinski definition) is 0. The number of nitrogens with zero attached hydrogens (tertiary/aromatic N) is 2. The van der Waals surface area contributed by atoms with Crippen molar-refractivity contribution in [1.29, 1.82) is 0 Å². The average molecular weight is 218 g/mol. The number of hydrogen-bond acceptors (Lipinski definition) is 2. The topological polar surface area (TPSA) is 25.8 Å². The molecule has 1 aliphatic heterocycles. The molecular formula is C12H15N2P. The van der Waals surface area contributed by atoms with Gasteiger partial charge in [-0.3, -0.25) is 4.98 Å². The zero-order valence-electron chi connectivity index (χ0n) is 9.31. The van der Waals surface area contributed by atoms with E-state index in [0.717, 1.165) is 17.1 Å².